The summed E-state index contributed by atoms with van der Waals surface area (Å²) in [5.41, 5.74) is 8.87. The fourth-order valence-corrected chi connectivity index (χ4v) is 2.92. The Morgan fingerprint density at radius 1 is 0.870 bits per heavy atom. The maximum absolute atomic E-state index is 12.4. The maximum Gasteiger partial charge on any atom is 0.227 e. The highest BCUT2D eigenvalue weighted by Crippen LogP contribution is 2.12. The molecule has 1 amide bonds. The van der Waals surface area contributed by atoms with Gasteiger partial charge in [-0.15, -0.1) is 0 Å². The van der Waals surface area contributed by atoms with Crippen LogP contribution in [-0.2, 0) is 17.8 Å². The fraction of sp³-hybridized carbons (Fsp3) is 0.316. The van der Waals surface area contributed by atoms with Crippen LogP contribution in [0.3, 0.4) is 0 Å². The molecule has 0 aliphatic carbocycles. The van der Waals surface area contributed by atoms with E-state index in [2.05, 4.69) is 17.0 Å². The molecule has 1 aliphatic heterocycles. The molecule has 2 aromatic rings. The van der Waals surface area contributed by atoms with E-state index >= 15 is 0 Å². The van der Waals surface area contributed by atoms with Crippen LogP contribution < -0.4 is 5.73 Å². The molecule has 0 unspecified atom stereocenters. The van der Waals surface area contributed by atoms with E-state index in [9.17, 15) is 4.79 Å². The Hall–Kier alpha value is -2.33. The van der Waals surface area contributed by atoms with E-state index in [1.807, 2.05) is 47.4 Å². The van der Waals surface area contributed by atoms with E-state index < -0.39 is 0 Å². The summed E-state index contributed by atoms with van der Waals surface area (Å²) in [5.74, 6) is 0.225. The Balaban J connectivity index is 1.48. The highest BCUT2D eigenvalue weighted by molar-refractivity contribution is 5.78. The van der Waals surface area contributed by atoms with Gasteiger partial charge in [-0.2, -0.15) is 0 Å². The SMILES string of the molecule is Nc1ccc(CN2CCN(C(=O)Cc3ccccc3)CC2)cc1. The molecule has 4 heteroatoms. The van der Waals surface area contributed by atoms with E-state index in [1.54, 1.807) is 0 Å². The van der Waals surface area contributed by atoms with Crippen LogP contribution in [0.15, 0.2) is 54.6 Å². The molecule has 1 saturated heterocycles. The van der Waals surface area contributed by atoms with Gasteiger partial charge in [0.15, 0.2) is 0 Å². The molecule has 4 nitrogen and oxygen atoms in total. The Morgan fingerprint density at radius 2 is 1.52 bits per heavy atom. The average molecular weight is 309 g/mol. The van der Waals surface area contributed by atoms with Crippen molar-refractivity contribution in [3.63, 3.8) is 0 Å². The summed E-state index contributed by atoms with van der Waals surface area (Å²) in [6.45, 7) is 4.37. The Labute approximate surface area is 137 Å². The van der Waals surface area contributed by atoms with Crippen molar-refractivity contribution < 1.29 is 4.79 Å². The van der Waals surface area contributed by atoms with Crippen LogP contribution in [0, 0.1) is 0 Å². The molecule has 1 aliphatic rings. The van der Waals surface area contributed by atoms with Crippen LogP contribution >= 0.6 is 0 Å². The molecule has 2 aromatic carbocycles. The summed E-state index contributed by atoms with van der Waals surface area (Å²) in [6.07, 6.45) is 0.499. The fourth-order valence-electron chi connectivity index (χ4n) is 2.92. The van der Waals surface area contributed by atoms with Crippen LogP contribution in [0.2, 0.25) is 0 Å². The zero-order valence-electron chi connectivity index (χ0n) is 13.3. The molecule has 3 rings (SSSR count). The molecule has 120 valence electrons. The monoisotopic (exact) mass is 309 g/mol. The average Bonchev–Trinajstić information content (AvgIpc) is 2.58. The first-order chi connectivity index (χ1) is 11.2. The number of nitrogens with zero attached hydrogens (tertiary/aromatic N) is 2. The van der Waals surface area contributed by atoms with Crippen molar-refractivity contribution in [1.29, 1.82) is 0 Å². The van der Waals surface area contributed by atoms with Crippen LogP contribution in [0.4, 0.5) is 5.69 Å². The molecule has 0 atom stereocenters. The number of carbonyl (C=O) groups is 1. The number of benzene rings is 2. The van der Waals surface area contributed by atoms with Gasteiger partial charge in [0.05, 0.1) is 6.42 Å². The van der Waals surface area contributed by atoms with Gasteiger partial charge in [0, 0.05) is 38.4 Å². The first-order valence-electron chi connectivity index (χ1n) is 8.09. The molecule has 0 saturated carbocycles. The third-order valence-corrected chi connectivity index (χ3v) is 4.31. The van der Waals surface area contributed by atoms with E-state index in [4.69, 9.17) is 5.73 Å². The van der Waals surface area contributed by atoms with Gasteiger partial charge in [-0.05, 0) is 23.3 Å². The minimum absolute atomic E-state index is 0.225. The Morgan fingerprint density at radius 3 is 2.17 bits per heavy atom. The summed E-state index contributed by atoms with van der Waals surface area (Å²) < 4.78 is 0. The van der Waals surface area contributed by atoms with E-state index in [0.717, 1.165) is 44.0 Å². The van der Waals surface area contributed by atoms with Gasteiger partial charge < -0.3 is 10.6 Å². The number of nitrogen functional groups attached to an aromatic ring is 1. The molecule has 0 bridgehead atoms. The standard InChI is InChI=1S/C19H23N3O/c20-18-8-6-17(7-9-18)15-21-10-12-22(13-11-21)19(23)14-16-4-2-1-3-5-16/h1-9H,10-15,20H2. The van der Waals surface area contributed by atoms with E-state index in [0.29, 0.717) is 6.42 Å². The molecule has 23 heavy (non-hydrogen) atoms. The van der Waals surface area contributed by atoms with E-state index in [-0.39, 0.29) is 5.91 Å². The van der Waals surface area contributed by atoms with Crippen molar-refractivity contribution >= 4 is 11.6 Å². The van der Waals surface area contributed by atoms with Gasteiger partial charge in [0.25, 0.3) is 0 Å². The molecule has 1 heterocycles. The lowest BCUT2D eigenvalue weighted by atomic mass is 10.1. The summed E-state index contributed by atoms with van der Waals surface area (Å²) in [7, 11) is 0. The smallest absolute Gasteiger partial charge is 0.227 e. The number of rotatable bonds is 4. The number of hydrogen-bond acceptors (Lipinski definition) is 3. The molecule has 0 radical (unpaired) electrons. The molecular formula is C19H23N3O. The van der Waals surface area contributed by atoms with Gasteiger partial charge in [-0.1, -0.05) is 42.5 Å². The summed E-state index contributed by atoms with van der Waals surface area (Å²) in [4.78, 5) is 16.7. The molecule has 0 aromatic heterocycles. The van der Waals surface area contributed by atoms with Crippen LogP contribution in [-0.4, -0.2) is 41.9 Å². The van der Waals surface area contributed by atoms with E-state index in [1.165, 1.54) is 5.56 Å². The summed E-state index contributed by atoms with van der Waals surface area (Å²) in [5, 5.41) is 0. The number of carbonyl (C=O) groups excluding carboxylic acids is 1. The van der Waals surface area contributed by atoms with Crippen LogP contribution in [0.25, 0.3) is 0 Å². The minimum Gasteiger partial charge on any atom is -0.399 e. The normalized spacial score (nSPS) is 15.6. The molecule has 0 spiro atoms. The number of hydrogen-bond donors (Lipinski definition) is 1. The van der Waals surface area contributed by atoms with Gasteiger partial charge >= 0.3 is 0 Å². The summed E-state index contributed by atoms with van der Waals surface area (Å²) in [6, 6.07) is 18.0. The second-order valence-corrected chi connectivity index (χ2v) is 6.06. The van der Waals surface area contributed by atoms with Gasteiger partial charge in [-0.25, -0.2) is 0 Å². The van der Waals surface area contributed by atoms with Crippen LogP contribution in [0.1, 0.15) is 11.1 Å². The first kappa shape index (κ1) is 15.6. The lowest BCUT2D eigenvalue weighted by Gasteiger charge is -2.34. The van der Waals surface area contributed by atoms with Crippen molar-refractivity contribution in [2.45, 2.75) is 13.0 Å². The largest absolute Gasteiger partial charge is 0.399 e. The molecule has 2 N–H and O–H groups in total. The topological polar surface area (TPSA) is 49.6 Å². The minimum atomic E-state index is 0.225. The van der Waals surface area contributed by atoms with Crippen molar-refractivity contribution in [1.82, 2.24) is 9.80 Å². The van der Waals surface area contributed by atoms with Crippen molar-refractivity contribution in [2.24, 2.45) is 0 Å². The number of amides is 1. The first-order valence-corrected chi connectivity index (χ1v) is 8.09. The van der Waals surface area contributed by atoms with Gasteiger partial charge in [-0.3, -0.25) is 9.69 Å². The maximum atomic E-state index is 12.4. The van der Waals surface area contributed by atoms with Gasteiger partial charge in [0.2, 0.25) is 5.91 Å². The second-order valence-electron chi connectivity index (χ2n) is 6.06. The Kier molecular flexibility index (Phi) is 4.93. The van der Waals surface area contributed by atoms with Crippen molar-refractivity contribution in [3.05, 3.63) is 65.7 Å². The number of nitrogens with two attached hydrogens (primary N) is 1. The highest BCUT2D eigenvalue weighted by Gasteiger charge is 2.21. The third kappa shape index (κ3) is 4.33. The third-order valence-electron chi connectivity index (χ3n) is 4.31. The lowest BCUT2D eigenvalue weighted by molar-refractivity contribution is -0.132. The highest BCUT2D eigenvalue weighted by atomic mass is 16.2. The zero-order chi connectivity index (χ0) is 16.1. The predicted octanol–water partition coefficient (Wildman–Crippen LogP) is 2.16. The van der Waals surface area contributed by atoms with Gasteiger partial charge in [0.1, 0.15) is 0 Å². The van der Waals surface area contributed by atoms with Crippen molar-refractivity contribution in [3.8, 4) is 0 Å². The quantitative estimate of drug-likeness (QED) is 0.881. The van der Waals surface area contributed by atoms with Crippen LogP contribution in [0.5, 0.6) is 0 Å². The second kappa shape index (κ2) is 7.29. The number of anilines is 1. The Bertz CT molecular complexity index is 631. The molecular weight excluding hydrogens is 286 g/mol. The number of piperazine rings is 1. The molecule has 1 fully saturated rings. The predicted molar refractivity (Wildman–Crippen MR) is 92.9 cm³/mol. The lowest BCUT2D eigenvalue weighted by Crippen LogP contribution is -2.48. The summed E-state index contributed by atoms with van der Waals surface area (Å²) >= 11 is 0. The zero-order valence-corrected chi connectivity index (χ0v) is 13.3. The van der Waals surface area contributed by atoms with Crippen molar-refractivity contribution in [2.75, 3.05) is 31.9 Å².